The summed E-state index contributed by atoms with van der Waals surface area (Å²) in [5.74, 6) is 0.0773. The number of H-pyrrole nitrogens is 1. The number of nitrogens with one attached hydrogen (secondary N) is 1. The van der Waals surface area contributed by atoms with Gasteiger partial charge in [-0.25, -0.2) is 4.79 Å². The number of aromatic nitrogens is 1. The van der Waals surface area contributed by atoms with Gasteiger partial charge in [-0.2, -0.15) is 0 Å². The molecule has 1 aromatic heterocycles. The van der Waals surface area contributed by atoms with Crippen LogP contribution in [0.2, 0.25) is 0 Å². The molecule has 1 aliphatic rings. The summed E-state index contributed by atoms with van der Waals surface area (Å²) in [6.45, 7) is 3.93. The van der Waals surface area contributed by atoms with Crippen LogP contribution in [0.5, 0.6) is 0 Å². The number of hydrogen-bond acceptors (Lipinski definition) is 5. The van der Waals surface area contributed by atoms with Crippen LogP contribution in [-0.4, -0.2) is 31.3 Å². The van der Waals surface area contributed by atoms with Crippen LogP contribution in [0.4, 0.5) is 11.4 Å². The topological polar surface area (TPSA) is 84.5 Å². The highest BCUT2D eigenvalue weighted by Crippen LogP contribution is 2.31. The predicted molar refractivity (Wildman–Crippen MR) is 78.0 cm³/mol. The normalized spacial score (nSPS) is 23.4. The Hall–Kier alpha value is -1.95. The molecule has 2 heterocycles. The molecule has 2 unspecified atom stereocenters. The van der Waals surface area contributed by atoms with E-state index in [4.69, 9.17) is 14.9 Å². The van der Waals surface area contributed by atoms with Crippen LogP contribution in [0.15, 0.2) is 21.3 Å². The smallest absolute Gasteiger partial charge is 0.408 e. The molecule has 3 N–H and O–H groups in total. The molecule has 0 bridgehead atoms. The van der Waals surface area contributed by atoms with Crippen LogP contribution < -0.4 is 16.4 Å². The Morgan fingerprint density at radius 1 is 1.50 bits per heavy atom. The molecular weight excluding hydrogens is 258 g/mol. The van der Waals surface area contributed by atoms with Crippen LogP contribution in [0.25, 0.3) is 11.1 Å². The molecule has 1 aromatic carbocycles. The number of benzene rings is 1. The Morgan fingerprint density at radius 3 is 3.05 bits per heavy atom. The summed E-state index contributed by atoms with van der Waals surface area (Å²) >= 11 is 0. The molecular formula is C14H19N3O3. The molecule has 6 heteroatoms. The lowest BCUT2D eigenvalue weighted by molar-refractivity contribution is 0.0499. The van der Waals surface area contributed by atoms with Crippen LogP contribution in [0.3, 0.4) is 0 Å². The maximum absolute atomic E-state index is 11.2. The summed E-state index contributed by atoms with van der Waals surface area (Å²) < 4.78 is 10.5. The number of ether oxygens (including phenoxy) is 1. The third kappa shape index (κ3) is 2.16. The van der Waals surface area contributed by atoms with Crippen LogP contribution in [0.1, 0.15) is 13.3 Å². The molecule has 1 aliphatic heterocycles. The number of nitrogen functional groups attached to an aromatic ring is 1. The molecule has 3 rings (SSSR count). The number of methoxy groups -OCH3 is 1. The maximum Gasteiger partial charge on any atom is 0.417 e. The Balaban J connectivity index is 1.97. The number of anilines is 2. The van der Waals surface area contributed by atoms with Gasteiger partial charge in [0.05, 0.1) is 23.0 Å². The molecule has 0 spiro atoms. The zero-order chi connectivity index (χ0) is 14.3. The summed E-state index contributed by atoms with van der Waals surface area (Å²) in [6.07, 6.45) is 1.25. The van der Waals surface area contributed by atoms with E-state index in [2.05, 4.69) is 16.8 Å². The third-order valence-corrected chi connectivity index (χ3v) is 4.10. The van der Waals surface area contributed by atoms with E-state index in [1.54, 1.807) is 13.2 Å². The number of hydrogen-bond donors (Lipinski definition) is 2. The average molecular weight is 277 g/mol. The third-order valence-electron chi connectivity index (χ3n) is 4.10. The number of rotatable bonds is 2. The number of fused-ring (bicyclic) bond motifs is 1. The first-order valence-electron chi connectivity index (χ1n) is 6.78. The van der Waals surface area contributed by atoms with Gasteiger partial charge in [-0.05, 0) is 18.4 Å². The lowest BCUT2D eigenvalue weighted by Gasteiger charge is -2.38. The number of oxazole rings is 1. The Kier molecular flexibility index (Phi) is 3.17. The molecule has 6 nitrogen and oxygen atoms in total. The largest absolute Gasteiger partial charge is 0.417 e. The molecule has 2 aromatic rings. The predicted octanol–water partition coefficient (Wildman–Crippen LogP) is 1.56. The summed E-state index contributed by atoms with van der Waals surface area (Å²) in [5, 5.41) is 0. The van der Waals surface area contributed by atoms with E-state index < -0.39 is 5.76 Å². The molecule has 108 valence electrons. The highest BCUT2D eigenvalue weighted by Gasteiger charge is 2.27. The second-order valence-electron chi connectivity index (χ2n) is 5.41. The van der Waals surface area contributed by atoms with Gasteiger partial charge in [0.2, 0.25) is 0 Å². The second-order valence-corrected chi connectivity index (χ2v) is 5.41. The van der Waals surface area contributed by atoms with Gasteiger partial charge in [-0.15, -0.1) is 0 Å². The van der Waals surface area contributed by atoms with Crippen LogP contribution in [-0.2, 0) is 4.74 Å². The lowest BCUT2D eigenvalue weighted by Crippen LogP contribution is -2.44. The maximum atomic E-state index is 11.2. The quantitative estimate of drug-likeness (QED) is 0.814. The average Bonchev–Trinajstić information content (AvgIpc) is 2.77. The van der Waals surface area contributed by atoms with Crippen molar-refractivity contribution >= 4 is 22.5 Å². The van der Waals surface area contributed by atoms with Gasteiger partial charge < -0.3 is 19.8 Å². The fourth-order valence-electron chi connectivity index (χ4n) is 2.83. The molecule has 2 atom stereocenters. The highest BCUT2D eigenvalue weighted by molar-refractivity contribution is 5.85. The van der Waals surface area contributed by atoms with Crippen molar-refractivity contribution in [2.75, 3.05) is 30.8 Å². The van der Waals surface area contributed by atoms with E-state index in [-0.39, 0.29) is 6.10 Å². The van der Waals surface area contributed by atoms with E-state index in [9.17, 15) is 4.79 Å². The van der Waals surface area contributed by atoms with Crippen molar-refractivity contribution < 1.29 is 9.15 Å². The van der Waals surface area contributed by atoms with Gasteiger partial charge in [-0.1, -0.05) is 6.92 Å². The van der Waals surface area contributed by atoms with Gasteiger partial charge in [0.15, 0.2) is 5.58 Å². The minimum Gasteiger partial charge on any atom is -0.408 e. The van der Waals surface area contributed by atoms with Crippen molar-refractivity contribution in [1.82, 2.24) is 4.98 Å². The number of nitrogens with zero attached hydrogens (tertiary/aromatic N) is 1. The van der Waals surface area contributed by atoms with E-state index >= 15 is 0 Å². The molecule has 0 aliphatic carbocycles. The van der Waals surface area contributed by atoms with E-state index in [1.807, 2.05) is 6.07 Å². The zero-order valence-electron chi connectivity index (χ0n) is 11.7. The van der Waals surface area contributed by atoms with E-state index in [0.717, 1.165) is 25.2 Å². The molecule has 20 heavy (non-hydrogen) atoms. The fraction of sp³-hybridized carbons (Fsp3) is 0.500. The molecule has 1 saturated heterocycles. The molecule has 0 radical (unpaired) electrons. The second kappa shape index (κ2) is 4.86. The van der Waals surface area contributed by atoms with Crippen molar-refractivity contribution in [2.45, 2.75) is 19.4 Å². The standard InChI is InChI=1S/C14H19N3O3/c1-8-3-4-17(7-13(8)19-2)11-6-10-12(5-9(11)15)20-14(18)16-10/h5-6,8,13H,3-4,7,15H2,1-2H3,(H,16,18). The first-order chi connectivity index (χ1) is 9.58. The van der Waals surface area contributed by atoms with Crippen molar-refractivity contribution in [3.8, 4) is 0 Å². The Morgan fingerprint density at radius 2 is 2.30 bits per heavy atom. The van der Waals surface area contributed by atoms with Crippen LogP contribution >= 0.6 is 0 Å². The zero-order valence-corrected chi connectivity index (χ0v) is 11.7. The van der Waals surface area contributed by atoms with Gasteiger partial charge >= 0.3 is 5.76 Å². The minimum atomic E-state index is -0.460. The molecule has 0 saturated carbocycles. The summed E-state index contributed by atoms with van der Waals surface area (Å²) in [6, 6.07) is 3.57. The number of piperidine rings is 1. The first-order valence-corrected chi connectivity index (χ1v) is 6.78. The first kappa shape index (κ1) is 13.1. The fourth-order valence-corrected chi connectivity index (χ4v) is 2.83. The highest BCUT2D eigenvalue weighted by atomic mass is 16.5. The minimum absolute atomic E-state index is 0.197. The van der Waals surface area contributed by atoms with E-state index in [0.29, 0.717) is 22.7 Å². The molecule has 1 fully saturated rings. The summed E-state index contributed by atoms with van der Waals surface area (Å²) in [7, 11) is 1.74. The van der Waals surface area contributed by atoms with Gasteiger partial charge in [0.25, 0.3) is 0 Å². The van der Waals surface area contributed by atoms with Crippen molar-refractivity contribution in [3.05, 3.63) is 22.7 Å². The number of aromatic amines is 1. The number of nitrogens with two attached hydrogens (primary N) is 1. The summed E-state index contributed by atoms with van der Waals surface area (Å²) in [4.78, 5) is 16.1. The van der Waals surface area contributed by atoms with Crippen LogP contribution in [0, 0.1) is 5.92 Å². The van der Waals surface area contributed by atoms with Gasteiger partial charge in [0.1, 0.15) is 0 Å². The van der Waals surface area contributed by atoms with Crippen molar-refractivity contribution in [1.29, 1.82) is 0 Å². The Labute approximate surface area is 116 Å². The van der Waals surface area contributed by atoms with Gasteiger partial charge in [-0.3, -0.25) is 4.98 Å². The SMILES string of the molecule is COC1CN(c2cc3[nH]c(=O)oc3cc2N)CCC1C. The van der Waals surface area contributed by atoms with Crippen molar-refractivity contribution in [3.63, 3.8) is 0 Å². The molecule has 0 amide bonds. The van der Waals surface area contributed by atoms with Crippen molar-refractivity contribution in [2.24, 2.45) is 5.92 Å². The Bertz CT molecular complexity index is 676. The van der Waals surface area contributed by atoms with Gasteiger partial charge in [0, 0.05) is 26.3 Å². The summed E-state index contributed by atoms with van der Waals surface area (Å²) in [5.41, 5.74) is 8.79. The lowest BCUT2D eigenvalue weighted by atomic mass is 9.95. The monoisotopic (exact) mass is 277 g/mol. The van der Waals surface area contributed by atoms with E-state index in [1.165, 1.54) is 0 Å².